The lowest BCUT2D eigenvalue weighted by atomic mass is 10.0. The summed E-state index contributed by atoms with van der Waals surface area (Å²) >= 11 is 0. The number of hydrogen-bond donors (Lipinski definition) is 1. The molecule has 0 aromatic heterocycles. The Morgan fingerprint density at radius 2 is 1.55 bits per heavy atom. The van der Waals surface area contributed by atoms with E-state index in [1.807, 2.05) is 73.8 Å². The zero-order valence-electron chi connectivity index (χ0n) is 19.3. The summed E-state index contributed by atoms with van der Waals surface area (Å²) in [6.45, 7) is 2.95. The highest BCUT2D eigenvalue weighted by Gasteiger charge is 2.35. The monoisotopic (exact) mass is 443 g/mol. The lowest BCUT2D eigenvalue weighted by Crippen LogP contribution is -2.54. The van der Waals surface area contributed by atoms with Crippen molar-refractivity contribution in [2.24, 2.45) is 0 Å². The van der Waals surface area contributed by atoms with Crippen LogP contribution in [0.15, 0.2) is 91.0 Å². The Balaban J connectivity index is 1.59. The highest BCUT2D eigenvalue weighted by Crippen LogP contribution is 2.22. The number of hydroxylamine groups is 2. The largest absolute Gasteiger partial charge is 0.315 e. The number of hydrogen-bond acceptors (Lipinski definition) is 4. The van der Waals surface area contributed by atoms with Gasteiger partial charge in [-0.25, -0.2) is 5.06 Å². The van der Waals surface area contributed by atoms with Crippen molar-refractivity contribution < 1.29 is 9.63 Å². The number of likely N-dealkylation sites (N-methyl/N-ethyl adjacent to an activating group) is 1. The highest BCUT2D eigenvalue weighted by atomic mass is 16.7. The number of carbonyl (C=O) groups excluding carboxylic acids is 1. The van der Waals surface area contributed by atoms with Crippen LogP contribution in [0.1, 0.15) is 34.3 Å². The average molecular weight is 444 g/mol. The summed E-state index contributed by atoms with van der Waals surface area (Å²) in [4.78, 5) is 22.4. The molecule has 0 spiro atoms. The minimum Gasteiger partial charge on any atom is -0.315 e. The van der Waals surface area contributed by atoms with E-state index in [1.165, 1.54) is 5.56 Å². The van der Waals surface area contributed by atoms with Crippen LogP contribution in [-0.4, -0.2) is 48.1 Å². The second-order valence-corrected chi connectivity index (χ2v) is 8.58. The van der Waals surface area contributed by atoms with Gasteiger partial charge in [-0.2, -0.15) is 0 Å². The quantitative estimate of drug-likeness (QED) is 0.520. The molecule has 172 valence electrons. The van der Waals surface area contributed by atoms with E-state index in [2.05, 4.69) is 34.5 Å². The highest BCUT2D eigenvalue weighted by molar-refractivity contribution is 5.93. The van der Waals surface area contributed by atoms with E-state index in [-0.39, 0.29) is 18.0 Å². The van der Waals surface area contributed by atoms with Gasteiger partial charge < -0.3 is 5.32 Å². The Kier molecular flexibility index (Phi) is 8.25. The van der Waals surface area contributed by atoms with Crippen LogP contribution >= 0.6 is 0 Å². The fourth-order valence-corrected chi connectivity index (χ4v) is 4.50. The summed E-state index contributed by atoms with van der Waals surface area (Å²) in [5, 5.41) is 5.09. The Labute approximate surface area is 196 Å². The van der Waals surface area contributed by atoms with Crippen LogP contribution in [0.5, 0.6) is 0 Å². The molecule has 0 aliphatic carbocycles. The van der Waals surface area contributed by atoms with Crippen LogP contribution < -0.4 is 5.32 Å². The third kappa shape index (κ3) is 6.29. The lowest BCUT2D eigenvalue weighted by Gasteiger charge is -2.37. The fourth-order valence-electron chi connectivity index (χ4n) is 4.50. The molecule has 2 unspecified atom stereocenters. The predicted molar refractivity (Wildman–Crippen MR) is 131 cm³/mol. The smallest absolute Gasteiger partial charge is 0.277 e. The SMILES string of the molecule is CNC1CCCN(Cc2ccccc2)CC1N(OCc1ccccc1)C(=O)c1ccccc1. The molecule has 1 N–H and O–H groups in total. The van der Waals surface area contributed by atoms with Gasteiger partial charge in [0.15, 0.2) is 0 Å². The first-order valence-corrected chi connectivity index (χ1v) is 11.7. The Bertz CT molecular complexity index is 982. The Hall–Kier alpha value is -2.99. The second-order valence-electron chi connectivity index (χ2n) is 8.58. The summed E-state index contributed by atoms with van der Waals surface area (Å²) in [5.74, 6) is -0.0988. The topological polar surface area (TPSA) is 44.8 Å². The van der Waals surface area contributed by atoms with Gasteiger partial charge in [-0.1, -0.05) is 78.9 Å². The van der Waals surface area contributed by atoms with Crippen LogP contribution in [0.4, 0.5) is 0 Å². The molecular formula is C28H33N3O2. The van der Waals surface area contributed by atoms with Gasteiger partial charge in [0.2, 0.25) is 0 Å². The minimum absolute atomic E-state index is 0.0988. The summed E-state index contributed by atoms with van der Waals surface area (Å²) < 4.78 is 0. The van der Waals surface area contributed by atoms with Gasteiger partial charge in [0, 0.05) is 24.7 Å². The van der Waals surface area contributed by atoms with Gasteiger partial charge in [0.05, 0.1) is 6.04 Å². The number of nitrogens with zero attached hydrogens (tertiary/aromatic N) is 2. The van der Waals surface area contributed by atoms with E-state index in [9.17, 15) is 4.79 Å². The van der Waals surface area contributed by atoms with Crippen LogP contribution in [0.2, 0.25) is 0 Å². The Morgan fingerprint density at radius 1 is 0.939 bits per heavy atom. The molecule has 1 saturated heterocycles. The van der Waals surface area contributed by atoms with E-state index in [1.54, 1.807) is 5.06 Å². The van der Waals surface area contributed by atoms with Crippen molar-refractivity contribution in [1.82, 2.24) is 15.3 Å². The molecule has 1 aliphatic heterocycles. The fraction of sp³-hybridized carbons (Fsp3) is 0.321. The maximum Gasteiger partial charge on any atom is 0.277 e. The standard InChI is InChI=1S/C28H33N3O2/c1-29-26-18-11-19-30(20-23-12-5-2-6-13-23)21-27(26)31(28(32)25-16-9-4-10-17-25)33-22-24-14-7-3-8-15-24/h2-10,12-17,26-27,29H,11,18-22H2,1H3. The van der Waals surface area contributed by atoms with Crippen LogP contribution in [0, 0.1) is 0 Å². The molecule has 0 radical (unpaired) electrons. The van der Waals surface area contributed by atoms with E-state index in [0.717, 1.165) is 38.0 Å². The van der Waals surface area contributed by atoms with Crippen molar-refractivity contribution >= 4 is 5.91 Å². The summed E-state index contributed by atoms with van der Waals surface area (Å²) in [7, 11) is 1.98. The van der Waals surface area contributed by atoms with Crippen molar-refractivity contribution in [3.8, 4) is 0 Å². The average Bonchev–Trinajstić information content (AvgIpc) is 3.07. The van der Waals surface area contributed by atoms with E-state index < -0.39 is 0 Å². The molecule has 3 aromatic carbocycles. The maximum atomic E-state index is 13.7. The van der Waals surface area contributed by atoms with Gasteiger partial charge in [-0.05, 0) is 49.7 Å². The van der Waals surface area contributed by atoms with Crippen molar-refractivity contribution in [3.05, 3.63) is 108 Å². The van der Waals surface area contributed by atoms with Crippen molar-refractivity contribution in [1.29, 1.82) is 0 Å². The molecule has 1 heterocycles. The zero-order valence-corrected chi connectivity index (χ0v) is 19.3. The molecular weight excluding hydrogens is 410 g/mol. The summed E-state index contributed by atoms with van der Waals surface area (Å²) in [5.41, 5.74) is 2.96. The molecule has 2 atom stereocenters. The first kappa shape index (κ1) is 23.2. The number of rotatable bonds is 8. The van der Waals surface area contributed by atoms with Gasteiger partial charge in [-0.15, -0.1) is 0 Å². The molecule has 1 fully saturated rings. The molecule has 5 nitrogen and oxygen atoms in total. The van der Waals surface area contributed by atoms with Gasteiger partial charge in [0.25, 0.3) is 5.91 Å². The lowest BCUT2D eigenvalue weighted by molar-refractivity contribution is -0.167. The first-order valence-electron chi connectivity index (χ1n) is 11.7. The number of nitrogens with one attached hydrogen (secondary N) is 1. The molecule has 1 aliphatic rings. The molecule has 1 amide bonds. The number of likely N-dealkylation sites (tertiary alicyclic amines) is 1. The van der Waals surface area contributed by atoms with Crippen molar-refractivity contribution in [3.63, 3.8) is 0 Å². The molecule has 5 heteroatoms. The number of benzene rings is 3. The van der Waals surface area contributed by atoms with E-state index in [4.69, 9.17) is 4.84 Å². The summed E-state index contributed by atoms with van der Waals surface area (Å²) in [6, 6.07) is 30.0. The third-order valence-electron chi connectivity index (χ3n) is 6.25. The van der Waals surface area contributed by atoms with Crippen molar-refractivity contribution in [2.45, 2.75) is 38.1 Å². The first-order chi connectivity index (χ1) is 16.2. The second kappa shape index (κ2) is 11.8. The minimum atomic E-state index is -0.113. The number of carbonyl (C=O) groups is 1. The van der Waals surface area contributed by atoms with Crippen LogP contribution in [-0.2, 0) is 18.0 Å². The summed E-state index contributed by atoms with van der Waals surface area (Å²) in [6.07, 6.45) is 2.06. The Morgan fingerprint density at radius 3 is 2.18 bits per heavy atom. The number of amides is 1. The zero-order chi connectivity index (χ0) is 22.9. The van der Waals surface area contributed by atoms with Gasteiger partial charge >= 0.3 is 0 Å². The van der Waals surface area contributed by atoms with Gasteiger partial charge in [0.1, 0.15) is 6.61 Å². The van der Waals surface area contributed by atoms with Crippen LogP contribution in [0.25, 0.3) is 0 Å². The molecule has 0 bridgehead atoms. The van der Waals surface area contributed by atoms with Gasteiger partial charge in [-0.3, -0.25) is 14.5 Å². The van der Waals surface area contributed by atoms with E-state index in [0.29, 0.717) is 12.2 Å². The van der Waals surface area contributed by atoms with Crippen molar-refractivity contribution in [2.75, 3.05) is 20.1 Å². The molecule has 3 aromatic rings. The third-order valence-corrected chi connectivity index (χ3v) is 6.25. The predicted octanol–water partition coefficient (Wildman–Crippen LogP) is 4.51. The van der Waals surface area contributed by atoms with E-state index >= 15 is 0 Å². The normalized spacial score (nSPS) is 19.1. The molecule has 4 rings (SSSR count). The maximum absolute atomic E-state index is 13.7. The van der Waals surface area contributed by atoms with Crippen LogP contribution in [0.3, 0.4) is 0 Å². The molecule has 0 saturated carbocycles. The molecule has 33 heavy (non-hydrogen) atoms.